The number of aromatic nitrogens is 2. The van der Waals surface area contributed by atoms with E-state index in [1.165, 1.54) is 0 Å². The van der Waals surface area contributed by atoms with Gasteiger partial charge in [0.2, 0.25) is 5.89 Å². The van der Waals surface area contributed by atoms with Crippen molar-refractivity contribution in [2.75, 3.05) is 0 Å². The second-order valence-corrected chi connectivity index (χ2v) is 5.06. The lowest BCUT2D eigenvalue weighted by atomic mass is 10.1. The number of halogens is 2. The maximum absolute atomic E-state index is 9.53. The van der Waals surface area contributed by atoms with Gasteiger partial charge in [0.25, 0.3) is 0 Å². The van der Waals surface area contributed by atoms with Crippen LogP contribution in [-0.2, 0) is 12.8 Å². The minimum Gasteiger partial charge on any atom is -0.393 e. The maximum Gasteiger partial charge on any atom is 0.229 e. The first kappa shape index (κ1) is 14.3. The van der Waals surface area contributed by atoms with Gasteiger partial charge in [0.05, 0.1) is 12.5 Å². The fourth-order valence-electron chi connectivity index (χ4n) is 1.65. The summed E-state index contributed by atoms with van der Waals surface area (Å²) in [6.07, 6.45) is 0.954. The molecule has 0 amide bonds. The molecule has 19 heavy (non-hydrogen) atoms. The van der Waals surface area contributed by atoms with Crippen molar-refractivity contribution in [1.82, 2.24) is 10.1 Å². The first-order chi connectivity index (χ1) is 9.10. The number of nitrogens with zero attached hydrogens (tertiary/aromatic N) is 2. The smallest absolute Gasteiger partial charge is 0.229 e. The van der Waals surface area contributed by atoms with Gasteiger partial charge in [-0.1, -0.05) is 41.3 Å². The van der Waals surface area contributed by atoms with Crippen LogP contribution in [0.4, 0.5) is 0 Å². The molecule has 1 heterocycles. The van der Waals surface area contributed by atoms with Gasteiger partial charge in [-0.05, 0) is 24.1 Å². The summed E-state index contributed by atoms with van der Waals surface area (Å²) in [6, 6.07) is 5.32. The second kappa shape index (κ2) is 6.37. The van der Waals surface area contributed by atoms with E-state index in [1.807, 2.05) is 6.92 Å². The highest BCUT2D eigenvalue weighted by atomic mass is 35.5. The fraction of sp³-hybridized carbons (Fsp3) is 0.385. The van der Waals surface area contributed by atoms with Crippen molar-refractivity contribution in [3.8, 4) is 0 Å². The zero-order valence-electron chi connectivity index (χ0n) is 10.4. The Kier molecular flexibility index (Phi) is 4.80. The minimum atomic E-state index is -0.461. The molecule has 2 rings (SSSR count). The molecule has 0 bridgehead atoms. The first-order valence-corrected chi connectivity index (χ1v) is 6.78. The predicted octanol–water partition coefficient (Wildman–Crippen LogP) is 3.28. The number of rotatable bonds is 5. The molecule has 1 atom stereocenters. The molecule has 0 radical (unpaired) electrons. The molecule has 0 aliphatic carbocycles. The van der Waals surface area contributed by atoms with Gasteiger partial charge in [-0.3, -0.25) is 0 Å². The highest BCUT2D eigenvalue weighted by Crippen LogP contribution is 2.26. The van der Waals surface area contributed by atoms with Crippen LogP contribution < -0.4 is 0 Å². The fourth-order valence-corrected chi connectivity index (χ4v) is 2.18. The molecule has 4 nitrogen and oxygen atoms in total. The van der Waals surface area contributed by atoms with Crippen LogP contribution in [0.1, 0.15) is 30.6 Å². The normalized spacial score (nSPS) is 12.6. The van der Waals surface area contributed by atoms with Crippen molar-refractivity contribution in [3.05, 3.63) is 45.5 Å². The average Bonchev–Trinajstić information content (AvgIpc) is 2.81. The standard InChI is InChI=1S/C13H14Cl2N2O2/c1-2-8(18)6-13-16-12(17-19-13)7-9-10(14)4-3-5-11(9)15/h3-5,8,18H,2,6-7H2,1H3. The number of hydrogen-bond donors (Lipinski definition) is 1. The summed E-state index contributed by atoms with van der Waals surface area (Å²) in [4.78, 5) is 4.22. The molecule has 1 aromatic heterocycles. The van der Waals surface area contributed by atoms with Gasteiger partial charge in [0.15, 0.2) is 5.82 Å². The lowest BCUT2D eigenvalue weighted by molar-refractivity contribution is 0.158. The van der Waals surface area contributed by atoms with E-state index < -0.39 is 6.10 Å². The van der Waals surface area contributed by atoms with Gasteiger partial charge in [-0.15, -0.1) is 0 Å². The molecule has 1 unspecified atom stereocenters. The lowest BCUT2D eigenvalue weighted by Crippen LogP contribution is -2.08. The summed E-state index contributed by atoms with van der Waals surface area (Å²) < 4.78 is 5.08. The first-order valence-electron chi connectivity index (χ1n) is 6.02. The van der Waals surface area contributed by atoms with Crippen LogP contribution in [0.5, 0.6) is 0 Å². The Balaban J connectivity index is 2.12. The summed E-state index contributed by atoms with van der Waals surface area (Å²) in [5, 5.41) is 14.5. The molecule has 1 N–H and O–H groups in total. The Bertz CT molecular complexity index is 537. The van der Waals surface area contributed by atoms with E-state index in [1.54, 1.807) is 18.2 Å². The summed E-state index contributed by atoms with van der Waals surface area (Å²) in [7, 11) is 0. The zero-order valence-corrected chi connectivity index (χ0v) is 11.9. The van der Waals surface area contributed by atoms with Gasteiger partial charge in [0.1, 0.15) is 0 Å². The number of aliphatic hydroxyl groups is 1. The molecule has 0 fully saturated rings. The van der Waals surface area contributed by atoms with Crippen molar-refractivity contribution in [2.45, 2.75) is 32.3 Å². The summed E-state index contributed by atoms with van der Waals surface area (Å²) in [5.41, 5.74) is 0.772. The Morgan fingerprint density at radius 3 is 2.63 bits per heavy atom. The third kappa shape index (κ3) is 3.69. The molecule has 0 saturated carbocycles. The number of aliphatic hydroxyl groups excluding tert-OH is 1. The van der Waals surface area contributed by atoms with Gasteiger partial charge >= 0.3 is 0 Å². The van der Waals surface area contributed by atoms with Crippen LogP contribution >= 0.6 is 23.2 Å². The molecule has 0 saturated heterocycles. The van der Waals surface area contributed by atoms with Crippen molar-refractivity contribution in [2.24, 2.45) is 0 Å². The molecule has 0 aliphatic rings. The molecule has 0 spiro atoms. The average molecular weight is 301 g/mol. The van der Waals surface area contributed by atoms with Crippen LogP contribution in [-0.4, -0.2) is 21.4 Å². The van der Waals surface area contributed by atoms with E-state index >= 15 is 0 Å². The highest BCUT2D eigenvalue weighted by Gasteiger charge is 2.13. The Hall–Kier alpha value is -1.10. The third-order valence-corrected chi connectivity index (χ3v) is 3.50. The summed E-state index contributed by atoms with van der Waals surface area (Å²) in [5.74, 6) is 0.931. The zero-order chi connectivity index (χ0) is 13.8. The Labute approximate surface area is 121 Å². The minimum absolute atomic E-state index is 0.361. The maximum atomic E-state index is 9.53. The van der Waals surface area contributed by atoms with Crippen LogP contribution in [0.2, 0.25) is 10.0 Å². The van der Waals surface area contributed by atoms with Gasteiger partial charge < -0.3 is 9.63 Å². The van der Waals surface area contributed by atoms with Crippen molar-refractivity contribution in [3.63, 3.8) is 0 Å². The van der Waals surface area contributed by atoms with Crippen LogP contribution in [0.15, 0.2) is 22.7 Å². The predicted molar refractivity (Wildman–Crippen MR) is 73.6 cm³/mol. The monoisotopic (exact) mass is 300 g/mol. The Morgan fingerprint density at radius 1 is 1.32 bits per heavy atom. The van der Waals surface area contributed by atoms with E-state index in [9.17, 15) is 5.11 Å². The van der Waals surface area contributed by atoms with E-state index in [2.05, 4.69) is 10.1 Å². The van der Waals surface area contributed by atoms with Crippen LogP contribution in [0.25, 0.3) is 0 Å². The molecule has 6 heteroatoms. The largest absolute Gasteiger partial charge is 0.393 e. The molecule has 1 aromatic carbocycles. The second-order valence-electron chi connectivity index (χ2n) is 4.25. The highest BCUT2D eigenvalue weighted by molar-refractivity contribution is 6.36. The van der Waals surface area contributed by atoms with E-state index in [4.69, 9.17) is 27.7 Å². The van der Waals surface area contributed by atoms with Crippen molar-refractivity contribution >= 4 is 23.2 Å². The SMILES string of the molecule is CCC(O)Cc1nc(Cc2c(Cl)cccc2Cl)no1. The van der Waals surface area contributed by atoms with Gasteiger partial charge in [0, 0.05) is 16.5 Å². The van der Waals surface area contributed by atoms with E-state index in [0.717, 1.165) is 5.56 Å². The van der Waals surface area contributed by atoms with Crippen molar-refractivity contribution in [1.29, 1.82) is 0 Å². The molecule has 0 aliphatic heterocycles. The van der Waals surface area contributed by atoms with Crippen molar-refractivity contribution < 1.29 is 9.63 Å². The Morgan fingerprint density at radius 2 is 2.00 bits per heavy atom. The lowest BCUT2D eigenvalue weighted by Gasteiger charge is -2.03. The van der Waals surface area contributed by atoms with Crippen LogP contribution in [0.3, 0.4) is 0 Å². The van der Waals surface area contributed by atoms with E-state index in [-0.39, 0.29) is 0 Å². The molecular formula is C13H14Cl2N2O2. The van der Waals surface area contributed by atoms with Gasteiger partial charge in [-0.25, -0.2) is 0 Å². The molecular weight excluding hydrogens is 287 g/mol. The molecule has 2 aromatic rings. The topological polar surface area (TPSA) is 59.2 Å². The van der Waals surface area contributed by atoms with Gasteiger partial charge in [-0.2, -0.15) is 4.98 Å². The number of hydrogen-bond acceptors (Lipinski definition) is 4. The quantitative estimate of drug-likeness (QED) is 0.920. The summed E-state index contributed by atoms with van der Waals surface area (Å²) in [6.45, 7) is 1.89. The summed E-state index contributed by atoms with van der Waals surface area (Å²) >= 11 is 12.2. The third-order valence-electron chi connectivity index (χ3n) is 2.79. The van der Waals surface area contributed by atoms with E-state index in [0.29, 0.717) is 41.0 Å². The van der Waals surface area contributed by atoms with Crippen LogP contribution in [0, 0.1) is 0 Å². The number of benzene rings is 1. The molecule has 102 valence electrons.